The van der Waals surface area contributed by atoms with Crippen LogP contribution in [-0.4, -0.2) is 46.0 Å². The first-order chi connectivity index (χ1) is 11.7. The van der Waals surface area contributed by atoms with Gasteiger partial charge in [-0.05, 0) is 43.7 Å². The first-order valence-corrected chi connectivity index (χ1v) is 11.1. The van der Waals surface area contributed by atoms with Crippen molar-refractivity contribution in [2.24, 2.45) is 5.92 Å². The number of sulfonamides is 2. The third-order valence-electron chi connectivity index (χ3n) is 4.63. The van der Waals surface area contributed by atoms with E-state index in [-0.39, 0.29) is 17.7 Å². The van der Waals surface area contributed by atoms with Crippen molar-refractivity contribution in [2.45, 2.75) is 35.8 Å². The Morgan fingerprint density at radius 3 is 2.08 bits per heavy atom. The fourth-order valence-corrected chi connectivity index (χ4v) is 6.11. The molecular formula is C15H20F2N2O4S2. The molecule has 140 valence electrons. The van der Waals surface area contributed by atoms with Crippen molar-refractivity contribution in [3.05, 3.63) is 29.8 Å². The Labute approximate surface area is 146 Å². The predicted molar refractivity (Wildman–Crippen MR) is 87.8 cm³/mol. The Kier molecular flexibility index (Phi) is 5.16. The van der Waals surface area contributed by atoms with E-state index in [0.29, 0.717) is 38.8 Å². The molecule has 2 fully saturated rings. The second-order valence-electron chi connectivity index (χ2n) is 6.49. The maximum Gasteiger partial charge on any atom is 0.246 e. The van der Waals surface area contributed by atoms with Gasteiger partial charge in [-0.3, -0.25) is 0 Å². The third-order valence-corrected chi connectivity index (χ3v) is 8.50. The Balaban J connectivity index is 1.58. The molecule has 25 heavy (non-hydrogen) atoms. The van der Waals surface area contributed by atoms with Crippen molar-refractivity contribution in [1.29, 1.82) is 0 Å². The van der Waals surface area contributed by atoms with E-state index in [4.69, 9.17) is 0 Å². The number of hydrogen-bond acceptors (Lipinski definition) is 4. The van der Waals surface area contributed by atoms with Gasteiger partial charge in [-0.2, -0.15) is 0 Å². The largest absolute Gasteiger partial charge is 0.246 e. The minimum Gasteiger partial charge on any atom is -0.212 e. The molecule has 0 bridgehead atoms. The van der Waals surface area contributed by atoms with Gasteiger partial charge in [-0.15, -0.1) is 0 Å². The number of rotatable bonds is 6. The van der Waals surface area contributed by atoms with Crippen molar-refractivity contribution >= 4 is 20.0 Å². The minimum atomic E-state index is -4.30. The van der Waals surface area contributed by atoms with E-state index in [2.05, 4.69) is 4.72 Å². The maximum atomic E-state index is 13.6. The topological polar surface area (TPSA) is 83.6 Å². The summed E-state index contributed by atoms with van der Waals surface area (Å²) in [6.07, 6.45) is 2.43. The van der Waals surface area contributed by atoms with Gasteiger partial charge in [0, 0.05) is 19.6 Å². The maximum absolute atomic E-state index is 13.6. The summed E-state index contributed by atoms with van der Waals surface area (Å²) in [5.74, 6) is -2.36. The van der Waals surface area contributed by atoms with Crippen LogP contribution in [0.2, 0.25) is 0 Å². The highest BCUT2D eigenvalue weighted by molar-refractivity contribution is 7.90. The van der Waals surface area contributed by atoms with Crippen molar-refractivity contribution < 1.29 is 25.6 Å². The SMILES string of the molecule is O=S(=O)(NCC1CCN(S(=O)(=O)C2CC2)CC1)c1c(F)cccc1F. The standard InChI is InChI=1S/C15H20F2N2O4S2/c16-13-2-1-3-14(17)15(13)24(20,21)18-10-11-6-8-19(9-7-11)25(22,23)12-4-5-12/h1-3,11-12,18H,4-10H2. The fraction of sp³-hybridized carbons (Fsp3) is 0.600. The lowest BCUT2D eigenvalue weighted by molar-refractivity contribution is 0.274. The number of piperidine rings is 1. The summed E-state index contributed by atoms with van der Waals surface area (Å²) in [7, 11) is -7.51. The number of nitrogens with one attached hydrogen (secondary N) is 1. The molecule has 1 saturated carbocycles. The molecular weight excluding hydrogens is 374 g/mol. The van der Waals surface area contributed by atoms with Gasteiger partial charge in [-0.1, -0.05) is 6.07 Å². The van der Waals surface area contributed by atoms with Crippen LogP contribution in [-0.2, 0) is 20.0 Å². The molecule has 6 nitrogen and oxygen atoms in total. The molecule has 0 unspecified atom stereocenters. The Bertz CT molecular complexity index is 826. The highest BCUT2D eigenvalue weighted by Gasteiger charge is 2.41. The van der Waals surface area contributed by atoms with E-state index in [1.54, 1.807) is 0 Å². The van der Waals surface area contributed by atoms with E-state index in [9.17, 15) is 25.6 Å². The van der Waals surface area contributed by atoms with Gasteiger partial charge in [0.1, 0.15) is 11.6 Å². The van der Waals surface area contributed by atoms with Crippen LogP contribution in [0, 0.1) is 17.6 Å². The molecule has 3 rings (SSSR count). The number of hydrogen-bond donors (Lipinski definition) is 1. The number of nitrogens with zero attached hydrogens (tertiary/aromatic N) is 1. The van der Waals surface area contributed by atoms with Crippen LogP contribution < -0.4 is 4.72 Å². The fourth-order valence-electron chi connectivity index (χ4n) is 2.98. The van der Waals surface area contributed by atoms with Crippen LogP contribution in [0.1, 0.15) is 25.7 Å². The van der Waals surface area contributed by atoms with Crippen LogP contribution in [0.5, 0.6) is 0 Å². The van der Waals surface area contributed by atoms with Crippen LogP contribution >= 0.6 is 0 Å². The van der Waals surface area contributed by atoms with E-state index in [1.807, 2.05) is 0 Å². The first-order valence-electron chi connectivity index (χ1n) is 8.14. The molecule has 1 heterocycles. The van der Waals surface area contributed by atoms with Crippen molar-refractivity contribution in [1.82, 2.24) is 9.03 Å². The lowest BCUT2D eigenvalue weighted by Crippen LogP contribution is -2.42. The molecule has 1 aliphatic heterocycles. The smallest absolute Gasteiger partial charge is 0.212 e. The van der Waals surface area contributed by atoms with Gasteiger partial charge in [0.25, 0.3) is 0 Å². The highest BCUT2D eigenvalue weighted by Crippen LogP contribution is 2.33. The Hall–Kier alpha value is -1.10. The number of benzene rings is 1. The van der Waals surface area contributed by atoms with Gasteiger partial charge in [0.05, 0.1) is 5.25 Å². The molecule has 0 aromatic heterocycles. The van der Waals surface area contributed by atoms with Gasteiger partial charge < -0.3 is 0 Å². The van der Waals surface area contributed by atoms with Gasteiger partial charge >= 0.3 is 0 Å². The van der Waals surface area contributed by atoms with Crippen molar-refractivity contribution in [3.8, 4) is 0 Å². The molecule has 1 aromatic carbocycles. The second-order valence-corrected chi connectivity index (χ2v) is 10.4. The predicted octanol–water partition coefficient (Wildman–Crippen LogP) is 1.45. The molecule has 1 saturated heterocycles. The molecule has 2 aliphatic rings. The zero-order valence-electron chi connectivity index (χ0n) is 13.5. The average molecular weight is 394 g/mol. The van der Waals surface area contributed by atoms with Crippen molar-refractivity contribution in [3.63, 3.8) is 0 Å². The van der Waals surface area contributed by atoms with Gasteiger partial charge in [-0.25, -0.2) is 34.6 Å². The zero-order chi connectivity index (χ0) is 18.2. The molecule has 0 amide bonds. The quantitative estimate of drug-likeness (QED) is 0.792. The summed E-state index contributed by atoms with van der Waals surface area (Å²) in [6, 6.07) is 2.87. The van der Waals surface area contributed by atoms with E-state index >= 15 is 0 Å². The average Bonchev–Trinajstić information content (AvgIpc) is 3.38. The minimum absolute atomic E-state index is 0.0213. The summed E-state index contributed by atoms with van der Waals surface area (Å²) in [5, 5.41) is -0.258. The number of halogens is 2. The Morgan fingerprint density at radius 2 is 1.56 bits per heavy atom. The summed E-state index contributed by atoms with van der Waals surface area (Å²) >= 11 is 0. The summed E-state index contributed by atoms with van der Waals surface area (Å²) in [5.41, 5.74) is 0. The summed E-state index contributed by atoms with van der Waals surface area (Å²) < 4.78 is 79.6. The Morgan fingerprint density at radius 1 is 1.00 bits per heavy atom. The molecule has 0 atom stereocenters. The normalized spacial score (nSPS) is 20.7. The molecule has 0 spiro atoms. The highest BCUT2D eigenvalue weighted by atomic mass is 32.2. The van der Waals surface area contributed by atoms with Crippen LogP contribution in [0.3, 0.4) is 0 Å². The van der Waals surface area contributed by atoms with Gasteiger partial charge in [0.15, 0.2) is 4.90 Å². The third kappa shape index (κ3) is 4.02. The molecule has 1 aromatic rings. The van der Waals surface area contributed by atoms with E-state index < -0.39 is 36.6 Å². The summed E-state index contributed by atoms with van der Waals surface area (Å²) in [4.78, 5) is -0.983. The zero-order valence-corrected chi connectivity index (χ0v) is 15.1. The van der Waals surface area contributed by atoms with Crippen LogP contribution in [0.4, 0.5) is 8.78 Å². The first kappa shape index (κ1) is 18.7. The molecule has 1 aliphatic carbocycles. The van der Waals surface area contributed by atoms with Crippen molar-refractivity contribution in [2.75, 3.05) is 19.6 Å². The molecule has 0 radical (unpaired) electrons. The van der Waals surface area contributed by atoms with E-state index in [1.165, 1.54) is 4.31 Å². The van der Waals surface area contributed by atoms with Crippen LogP contribution in [0.15, 0.2) is 23.1 Å². The van der Waals surface area contributed by atoms with E-state index in [0.717, 1.165) is 18.2 Å². The summed E-state index contributed by atoms with van der Waals surface area (Å²) in [6.45, 7) is 0.714. The van der Waals surface area contributed by atoms with Crippen LogP contribution in [0.25, 0.3) is 0 Å². The molecule has 1 N–H and O–H groups in total. The monoisotopic (exact) mass is 394 g/mol. The van der Waals surface area contributed by atoms with Gasteiger partial charge in [0.2, 0.25) is 20.0 Å². The second kappa shape index (κ2) is 6.90. The molecule has 10 heteroatoms. The lowest BCUT2D eigenvalue weighted by atomic mass is 9.99. The lowest BCUT2D eigenvalue weighted by Gasteiger charge is -2.31.